The molecule has 3 aliphatic rings. The van der Waals surface area contributed by atoms with Gasteiger partial charge >= 0.3 is 0 Å². The fraction of sp³-hybridized carbons (Fsp3) is 0.917. The Bertz CT molecular complexity index is 326. The maximum atomic E-state index is 12.4. The summed E-state index contributed by atoms with van der Waals surface area (Å²) in [4.78, 5) is 14.5. The number of halogens is 1. The Balaban J connectivity index is 2.43. The minimum atomic E-state index is -0.161. The molecule has 3 atom stereocenters. The van der Waals surface area contributed by atoms with Crippen molar-refractivity contribution >= 4 is 21.8 Å². The van der Waals surface area contributed by atoms with E-state index in [2.05, 4.69) is 36.7 Å². The van der Waals surface area contributed by atoms with E-state index in [-0.39, 0.29) is 10.8 Å². The molecule has 1 amide bonds. The molecule has 3 unspecified atom stereocenters. The van der Waals surface area contributed by atoms with Gasteiger partial charge in [0.2, 0.25) is 5.91 Å². The molecule has 0 aromatic heterocycles. The molecule has 2 nitrogen and oxygen atoms in total. The van der Waals surface area contributed by atoms with Crippen molar-refractivity contribution in [3.05, 3.63) is 0 Å². The van der Waals surface area contributed by atoms with Gasteiger partial charge in [-0.2, -0.15) is 0 Å². The maximum absolute atomic E-state index is 12.4. The molecule has 0 aromatic carbocycles. The largest absolute Gasteiger partial charge is 0.348 e. The Morgan fingerprint density at radius 3 is 2.07 bits per heavy atom. The van der Waals surface area contributed by atoms with Crippen molar-refractivity contribution in [3.8, 4) is 0 Å². The van der Waals surface area contributed by atoms with Crippen LogP contribution in [-0.4, -0.2) is 29.7 Å². The van der Waals surface area contributed by atoms with Crippen LogP contribution in [0, 0.1) is 16.2 Å². The number of carbonyl (C=O) groups is 1. The Hall–Kier alpha value is -0.0500. The average molecular weight is 274 g/mol. The van der Waals surface area contributed by atoms with E-state index < -0.39 is 0 Å². The van der Waals surface area contributed by atoms with E-state index in [9.17, 15) is 4.79 Å². The third kappa shape index (κ3) is 0.904. The fourth-order valence-electron chi connectivity index (χ4n) is 3.83. The minimum absolute atomic E-state index is 0.121. The molecule has 3 saturated carbocycles. The molecular weight excluding hydrogens is 254 g/mol. The summed E-state index contributed by atoms with van der Waals surface area (Å²) in [5.41, 5.74) is 0.249. The smallest absolute Gasteiger partial charge is 0.229 e. The highest BCUT2D eigenvalue weighted by Crippen LogP contribution is 2.80. The van der Waals surface area contributed by atoms with Crippen LogP contribution in [0.15, 0.2) is 0 Å². The lowest BCUT2D eigenvalue weighted by Crippen LogP contribution is -2.69. The predicted octanol–water partition coefficient (Wildman–Crippen LogP) is 2.66. The molecule has 0 aromatic rings. The lowest BCUT2D eigenvalue weighted by Gasteiger charge is -2.64. The van der Waals surface area contributed by atoms with E-state index in [0.29, 0.717) is 16.1 Å². The third-order valence-corrected chi connectivity index (χ3v) is 7.15. The van der Waals surface area contributed by atoms with Crippen LogP contribution in [0.4, 0.5) is 0 Å². The Kier molecular flexibility index (Phi) is 2.13. The number of alkyl halides is 1. The van der Waals surface area contributed by atoms with Gasteiger partial charge in [0.1, 0.15) is 0 Å². The average Bonchev–Trinajstić information content (AvgIpc) is 2.53. The van der Waals surface area contributed by atoms with E-state index in [1.54, 1.807) is 4.90 Å². The molecule has 3 aliphatic carbocycles. The molecule has 3 fully saturated rings. The first-order valence-electron chi connectivity index (χ1n) is 5.57. The second-order valence-electron chi connectivity index (χ2n) is 6.08. The van der Waals surface area contributed by atoms with Gasteiger partial charge in [-0.15, -0.1) is 0 Å². The SMILES string of the molecule is CN(C)C(=O)C12CCC(C)(C1Br)C2(C)C. The molecule has 0 saturated heterocycles. The minimum Gasteiger partial charge on any atom is -0.348 e. The number of amides is 1. The monoisotopic (exact) mass is 273 g/mol. The van der Waals surface area contributed by atoms with Crippen molar-refractivity contribution in [3.63, 3.8) is 0 Å². The molecule has 0 heterocycles. The summed E-state index contributed by atoms with van der Waals surface area (Å²) in [6, 6.07) is 0. The van der Waals surface area contributed by atoms with Gasteiger partial charge in [-0.05, 0) is 23.7 Å². The predicted molar refractivity (Wildman–Crippen MR) is 65.0 cm³/mol. The van der Waals surface area contributed by atoms with Gasteiger partial charge in [0.15, 0.2) is 0 Å². The van der Waals surface area contributed by atoms with Crippen LogP contribution in [0.25, 0.3) is 0 Å². The lowest BCUT2D eigenvalue weighted by molar-refractivity contribution is -0.170. The normalized spacial score (nSPS) is 46.1. The Labute approximate surface area is 101 Å². The number of rotatable bonds is 1. The van der Waals surface area contributed by atoms with Crippen molar-refractivity contribution in [1.29, 1.82) is 0 Å². The first-order valence-corrected chi connectivity index (χ1v) is 6.49. The van der Waals surface area contributed by atoms with Crippen LogP contribution in [0.2, 0.25) is 0 Å². The van der Waals surface area contributed by atoms with Crippen LogP contribution < -0.4 is 0 Å². The number of hydrogen-bond donors (Lipinski definition) is 0. The third-order valence-electron chi connectivity index (χ3n) is 5.36. The quantitative estimate of drug-likeness (QED) is 0.673. The zero-order chi connectivity index (χ0) is 11.6. The fourth-order valence-corrected chi connectivity index (χ4v) is 5.62. The van der Waals surface area contributed by atoms with E-state index in [1.807, 2.05) is 14.1 Å². The second kappa shape index (κ2) is 2.79. The second-order valence-corrected chi connectivity index (χ2v) is 6.99. The first kappa shape index (κ1) is 11.4. The zero-order valence-corrected chi connectivity index (χ0v) is 11.8. The maximum Gasteiger partial charge on any atom is 0.229 e. The number of hydrogen-bond acceptors (Lipinski definition) is 1. The number of carbonyl (C=O) groups excluding carboxylic acids is 1. The topological polar surface area (TPSA) is 20.3 Å². The summed E-state index contributed by atoms with van der Waals surface area (Å²) in [5, 5.41) is 0. The van der Waals surface area contributed by atoms with Crippen molar-refractivity contribution in [2.45, 2.75) is 38.4 Å². The van der Waals surface area contributed by atoms with Crippen LogP contribution in [-0.2, 0) is 4.79 Å². The van der Waals surface area contributed by atoms with Crippen LogP contribution in [0.3, 0.4) is 0 Å². The van der Waals surface area contributed by atoms with E-state index >= 15 is 0 Å². The van der Waals surface area contributed by atoms with Gasteiger partial charge < -0.3 is 4.90 Å². The standard InChI is InChI=1S/C12H20BrNO/c1-10(2)11(3)6-7-12(10,8(11)13)9(15)14(4)5/h8H,6-7H2,1-5H3. The van der Waals surface area contributed by atoms with Gasteiger partial charge in [-0.1, -0.05) is 36.7 Å². The summed E-state index contributed by atoms with van der Waals surface area (Å²) in [6.45, 7) is 6.80. The van der Waals surface area contributed by atoms with Gasteiger partial charge in [0.05, 0.1) is 5.41 Å². The molecule has 0 spiro atoms. The van der Waals surface area contributed by atoms with Crippen molar-refractivity contribution < 1.29 is 4.79 Å². The summed E-state index contributed by atoms with van der Waals surface area (Å²) < 4.78 is 0. The van der Waals surface area contributed by atoms with Crippen LogP contribution in [0.5, 0.6) is 0 Å². The van der Waals surface area contributed by atoms with Crippen LogP contribution in [0.1, 0.15) is 33.6 Å². The highest BCUT2D eigenvalue weighted by molar-refractivity contribution is 9.09. The van der Waals surface area contributed by atoms with Crippen molar-refractivity contribution in [2.24, 2.45) is 16.2 Å². The lowest BCUT2D eigenvalue weighted by atomic mass is 9.43. The van der Waals surface area contributed by atoms with E-state index in [1.165, 1.54) is 0 Å². The van der Waals surface area contributed by atoms with Gasteiger partial charge in [-0.25, -0.2) is 0 Å². The summed E-state index contributed by atoms with van der Waals surface area (Å²) >= 11 is 3.76. The Morgan fingerprint density at radius 1 is 1.27 bits per heavy atom. The van der Waals surface area contributed by atoms with Gasteiger partial charge in [-0.3, -0.25) is 4.79 Å². The molecule has 0 N–H and O–H groups in total. The molecule has 0 radical (unpaired) electrons. The summed E-state index contributed by atoms with van der Waals surface area (Å²) in [5.74, 6) is 0.296. The van der Waals surface area contributed by atoms with E-state index in [4.69, 9.17) is 0 Å². The molecule has 3 rings (SSSR count). The molecule has 3 heteroatoms. The molecular formula is C12H20BrNO. The van der Waals surface area contributed by atoms with Crippen LogP contribution >= 0.6 is 15.9 Å². The highest BCUT2D eigenvalue weighted by Gasteiger charge is 2.80. The molecule has 2 bridgehead atoms. The number of nitrogens with zero attached hydrogens (tertiary/aromatic N) is 1. The summed E-state index contributed by atoms with van der Waals surface area (Å²) in [7, 11) is 3.72. The van der Waals surface area contributed by atoms with Crippen molar-refractivity contribution in [1.82, 2.24) is 4.90 Å². The summed E-state index contributed by atoms with van der Waals surface area (Å²) in [6.07, 6.45) is 2.19. The Morgan fingerprint density at radius 2 is 1.80 bits per heavy atom. The van der Waals surface area contributed by atoms with E-state index in [0.717, 1.165) is 12.8 Å². The zero-order valence-electron chi connectivity index (χ0n) is 10.2. The number of fused-ring (bicyclic) bond motifs is 1. The molecule has 0 aliphatic heterocycles. The van der Waals surface area contributed by atoms with Crippen molar-refractivity contribution in [2.75, 3.05) is 14.1 Å². The highest BCUT2D eigenvalue weighted by atomic mass is 79.9. The first-order chi connectivity index (χ1) is 6.72. The van der Waals surface area contributed by atoms with Gasteiger partial charge in [0.25, 0.3) is 0 Å². The molecule has 86 valence electrons. The molecule has 15 heavy (non-hydrogen) atoms. The van der Waals surface area contributed by atoms with Gasteiger partial charge in [0, 0.05) is 18.9 Å².